The Morgan fingerprint density at radius 1 is 0.370 bits per heavy atom. The Bertz CT molecular complexity index is 4810. The van der Waals surface area contributed by atoms with Crippen molar-refractivity contribution in [2.75, 3.05) is 14.7 Å². The maximum absolute atomic E-state index is 18.0. The van der Waals surface area contributed by atoms with Gasteiger partial charge in [0, 0.05) is 61.7 Å². The smallest absolute Gasteiger partial charge is 0.257 e. The summed E-state index contributed by atoms with van der Waals surface area (Å²) in [6, 6.07) is 70.2. The predicted octanol–water partition coefficient (Wildman–Crippen LogP) is 22.5. The van der Waals surface area contributed by atoms with Gasteiger partial charge in [-0.1, -0.05) is 203 Å². The minimum absolute atomic E-state index is 0.0242. The van der Waals surface area contributed by atoms with Crippen molar-refractivity contribution >= 4 is 118 Å². The van der Waals surface area contributed by atoms with Crippen molar-refractivity contribution in [3.8, 4) is 5.69 Å². The van der Waals surface area contributed by atoms with Crippen LogP contribution in [0.25, 0.3) is 49.4 Å². The second-order valence-electron chi connectivity index (χ2n) is 32.6. The van der Waals surface area contributed by atoms with E-state index in [-0.39, 0.29) is 45.0 Å². The highest BCUT2D eigenvalue weighted by Gasteiger charge is 2.47. The van der Waals surface area contributed by atoms with E-state index in [9.17, 15) is 0 Å². The minimum atomic E-state index is -0.382. The van der Waals surface area contributed by atoms with Gasteiger partial charge in [-0.15, -0.1) is 0 Å². The zero-order chi connectivity index (χ0) is 65.3. The summed E-state index contributed by atoms with van der Waals surface area (Å²) in [5, 5.41) is 4.42. The molecule has 12 aromatic rings. The molecule has 464 valence electrons. The van der Waals surface area contributed by atoms with Gasteiger partial charge in [-0.3, -0.25) is 0 Å². The van der Waals surface area contributed by atoms with Crippen LogP contribution in [0.3, 0.4) is 0 Å². The second kappa shape index (κ2) is 20.9. The average molecular weight is 1210 g/mol. The van der Waals surface area contributed by atoms with E-state index >= 15 is 4.39 Å². The van der Waals surface area contributed by atoms with E-state index in [0.29, 0.717) is 5.69 Å². The number of hydrogen-bond acceptors (Lipinski definition) is 4. The number of aryl methyl sites for hydroxylation is 1. The highest BCUT2D eigenvalue weighted by atomic mass is 19.1. The number of hydrogen-bond donors (Lipinski definition) is 0. The lowest BCUT2D eigenvalue weighted by Gasteiger charge is -2.45. The molecule has 10 aromatic carbocycles. The van der Waals surface area contributed by atoms with Crippen LogP contribution in [0.5, 0.6) is 0 Å². The van der Waals surface area contributed by atoms with E-state index in [1.807, 2.05) is 13.0 Å². The third-order valence-electron chi connectivity index (χ3n) is 19.8. The number of furan rings is 1. The van der Waals surface area contributed by atoms with Crippen molar-refractivity contribution in [1.82, 2.24) is 4.57 Å². The highest BCUT2D eigenvalue weighted by molar-refractivity contribution is 7.01. The number of benzene rings is 10. The van der Waals surface area contributed by atoms with Crippen molar-refractivity contribution in [2.45, 2.75) is 164 Å². The van der Waals surface area contributed by atoms with Crippen molar-refractivity contribution in [3.63, 3.8) is 0 Å². The molecule has 92 heavy (non-hydrogen) atoms. The Morgan fingerprint density at radius 2 is 0.837 bits per heavy atom. The number of anilines is 9. The van der Waals surface area contributed by atoms with Crippen LogP contribution in [0.15, 0.2) is 192 Å². The summed E-state index contributed by atoms with van der Waals surface area (Å²) in [6.07, 6.45) is 0. The lowest BCUT2D eigenvalue weighted by Crippen LogP contribution is -2.61. The molecule has 0 N–H and O–H groups in total. The van der Waals surface area contributed by atoms with Gasteiger partial charge < -0.3 is 23.7 Å². The monoisotopic (exact) mass is 1210 g/mol. The fraction of sp³-hybridized carbons (Fsp3) is 0.294. The van der Waals surface area contributed by atoms with Gasteiger partial charge in [0.05, 0.1) is 27.8 Å². The Morgan fingerprint density at radius 3 is 1.35 bits per heavy atom. The number of halogens is 1. The third kappa shape index (κ3) is 10.0. The molecule has 0 bridgehead atoms. The molecule has 2 aliphatic heterocycles. The van der Waals surface area contributed by atoms with Crippen molar-refractivity contribution in [2.24, 2.45) is 0 Å². The van der Waals surface area contributed by atoms with Gasteiger partial charge in [-0.2, -0.15) is 0 Å². The first-order chi connectivity index (χ1) is 43.2. The van der Waals surface area contributed by atoms with Crippen molar-refractivity contribution < 1.29 is 8.81 Å². The van der Waals surface area contributed by atoms with Gasteiger partial charge in [-0.05, 0) is 204 Å². The Hall–Kier alpha value is -8.81. The van der Waals surface area contributed by atoms with E-state index in [4.69, 9.17) is 4.42 Å². The molecule has 14 rings (SSSR count). The Kier molecular flexibility index (Phi) is 13.8. The van der Waals surface area contributed by atoms with Gasteiger partial charge >= 0.3 is 0 Å². The molecule has 0 radical (unpaired) electrons. The van der Waals surface area contributed by atoms with E-state index < -0.39 is 0 Å². The number of fused-ring (bicyclic) bond motifs is 11. The van der Waals surface area contributed by atoms with Crippen LogP contribution in [-0.4, -0.2) is 11.3 Å². The van der Waals surface area contributed by atoms with Crippen LogP contribution in [0.2, 0.25) is 0 Å². The van der Waals surface area contributed by atoms with Crippen molar-refractivity contribution in [1.29, 1.82) is 0 Å². The van der Waals surface area contributed by atoms with Crippen LogP contribution in [0.1, 0.15) is 164 Å². The minimum Gasteiger partial charge on any atom is -0.456 e. The normalized spacial score (nSPS) is 13.8. The molecule has 0 amide bonds. The van der Waals surface area contributed by atoms with E-state index in [1.165, 1.54) is 38.6 Å². The van der Waals surface area contributed by atoms with Crippen LogP contribution in [-0.2, 0) is 32.5 Å². The molecule has 2 aromatic heterocycles. The first-order valence-electron chi connectivity index (χ1n) is 33.1. The summed E-state index contributed by atoms with van der Waals surface area (Å²) in [5.74, 6) is -0.293. The fourth-order valence-corrected chi connectivity index (χ4v) is 14.4. The summed E-state index contributed by atoms with van der Waals surface area (Å²) >= 11 is 0. The number of nitrogens with zero attached hydrogens (tertiary/aromatic N) is 4. The standard InChI is InChI=1S/C85H88BFN4O/c1-51-24-41-69(66(87)44-51)91-73-48-57(85(17,18)19)47-72-77(73)86(78-74(91)50-71(76-62-22-20-21-23-75(62)92-79(76)78)90-67-42-31-55(83(11,12)13)45-63(67)64-46-56(84(14,15)16)32-43-68(64)90)65-40-39-61(49-70(65)89(72)60-37-29-54(30-38-60)82(8,9)10)88(58-33-25-52(26-34-58)80(2,3)4)59-35-27-53(28-36-59)81(5,6)7/h20-50H,1-19H3. The Balaban J connectivity index is 1.13. The molecular formula is C85H88BFN4O. The van der Waals surface area contributed by atoms with E-state index in [1.54, 1.807) is 6.07 Å². The second-order valence-corrected chi connectivity index (χ2v) is 32.6. The largest absolute Gasteiger partial charge is 0.456 e. The maximum atomic E-state index is 18.0. The van der Waals surface area contributed by atoms with Crippen LogP contribution in [0, 0.1) is 12.7 Å². The Labute approximate surface area is 545 Å². The molecule has 0 atom stereocenters. The molecule has 0 unspecified atom stereocenters. The lowest BCUT2D eigenvalue weighted by molar-refractivity contribution is 0.590. The van der Waals surface area contributed by atoms with Gasteiger partial charge in [0.15, 0.2) is 0 Å². The van der Waals surface area contributed by atoms with Crippen LogP contribution >= 0.6 is 0 Å². The summed E-state index contributed by atoms with van der Waals surface area (Å²) in [7, 11) is 0. The summed E-state index contributed by atoms with van der Waals surface area (Å²) in [6.45, 7) is 42.8. The average Bonchev–Trinajstić information content (AvgIpc) is 1.07. The fourth-order valence-electron chi connectivity index (χ4n) is 14.4. The first-order valence-corrected chi connectivity index (χ1v) is 33.1. The first kappa shape index (κ1) is 60.7. The van der Waals surface area contributed by atoms with E-state index in [2.05, 4.69) is 320 Å². The molecule has 5 nitrogen and oxygen atoms in total. The van der Waals surface area contributed by atoms with Gasteiger partial charge in [0.1, 0.15) is 17.0 Å². The molecule has 0 saturated carbocycles. The molecular weight excluding hydrogens is 1120 g/mol. The van der Waals surface area contributed by atoms with Crippen LogP contribution < -0.4 is 31.1 Å². The van der Waals surface area contributed by atoms with E-state index in [0.717, 1.165) is 112 Å². The quantitative estimate of drug-likeness (QED) is 0.155. The number of aromatic nitrogens is 1. The zero-order valence-corrected chi connectivity index (χ0v) is 57.6. The highest BCUT2D eigenvalue weighted by Crippen LogP contribution is 2.52. The molecule has 4 heterocycles. The van der Waals surface area contributed by atoms with Gasteiger partial charge in [-0.25, -0.2) is 4.39 Å². The van der Waals surface area contributed by atoms with Gasteiger partial charge in [0.25, 0.3) is 6.71 Å². The SMILES string of the molecule is Cc1ccc(N2c3cc(C(C)(C)C)cc4c3B(c3ccc(N(c5ccc(C(C)(C)C)cc5)c5ccc(C(C)(C)C)cc5)cc3N4c3ccc(C(C)(C)C)cc3)c3c2cc(-n2c4ccc(C(C)(C)C)cc4c4cc(C(C)(C)C)ccc42)c2c3oc3ccccc32)c(F)c1. The summed E-state index contributed by atoms with van der Waals surface area (Å²) < 4.78 is 28.1. The molecule has 0 aliphatic carbocycles. The zero-order valence-electron chi connectivity index (χ0n) is 57.6. The van der Waals surface area contributed by atoms with Crippen molar-refractivity contribution in [3.05, 3.63) is 233 Å². The molecule has 2 aliphatic rings. The molecule has 0 fully saturated rings. The maximum Gasteiger partial charge on any atom is 0.257 e. The summed E-state index contributed by atoms with van der Waals surface area (Å²) in [5.41, 5.74) is 24.3. The lowest BCUT2D eigenvalue weighted by atomic mass is 9.33. The third-order valence-corrected chi connectivity index (χ3v) is 19.8. The topological polar surface area (TPSA) is 27.8 Å². The van der Waals surface area contributed by atoms with Gasteiger partial charge in [0.2, 0.25) is 0 Å². The van der Waals surface area contributed by atoms with Crippen LogP contribution in [0.4, 0.5) is 55.6 Å². The number of rotatable bonds is 6. The molecule has 7 heteroatoms. The molecule has 0 saturated heterocycles. The summed E-state index contributed by atoms with van der Waals surface area (Å²) in [4.78, 5) is 7.18. The predicted molar refractivity (Wildman–Crippen MR) is 394 cm³/mol. The molecule has 0 spiro atoms. The number of para-hydroxylation sites is 1.